The Morgan fingerprint density at radius 1 is 1.07 bits per heavy atom. The molecule has 0 aliphatic heterocycles. The number of H-pyrrole nitrogens is 1. The number of aromatic nitrogens is 3. The van der Waals surface area contributed by atoms with E-state index in [0.29, 0.717) is 5.82 Å². The third-order valence-corrected chi connectivity index (χ3v) is 5.71. The maximum absolute atomic E-state index is 11.8. The zero-order valence-electron chi connectivity index (χ0n) is 15.0. The molecule has 134 valence electrons. The molecule has 1 unspecified atom stereocenters. The Balaban J connectivity index is 1.70. The molecular formula is C22H19N3O2. The predicted octanol–water partition coefficient (Wildman–Crippen LogP) is 2.78. The molecule has 0 saturated heterocycles. The van der Waals surface area contributed by atoms with Crippen molar-refractivity contribution in [2.24, 2.45) is 7.05 Å². The molecular weight excluding hydrogens is 338 g/mol. The van der Waals surface area contributed by atoms with Gasteiger partial charge in [0.25, 0.3) is 0 Å². The van der Waals surface area contributed by atoms with Crippen LogP contribution in [-0.4, -0.2) is 14.8 Å². The van der Waals surface area contributed by atoms with Crippen molar-refractivity contribution in [1.82, 2.24) is 14.8 Å². The minimum absolute atomic E-state index is 0.0398. The van der Waals surface area contributed by atoms with Crippen LogP contribution in [0.4, 0.5) is 0 Å². The molecule has 3 aromatic rings. The van der Waals surface area contributed by atoms with Gasteiger partial charge in [0, 0.05) is 13.0 Å². The van der Waals surface area contributed by atoms with E-state index >= 15 is 0 Å². The summed E-state index contributed by atoms with van der Waals surface area (Å²) < 4.78 is 1.58. The van der Waals surface area contributed by atoms with E-state index < -0.39 is 11.1 Å². The van der Waals surface area contributed by atoms with Gasteiger partial charge in [0.15, 0.2) is 0 Å². The highest BCUT2D eigenvalue weighted by Crippen LogP contribution is 2.42. The van der Waals surface area contributed by atoms with Crippen molar-refractivity contribution < 1.29 is 0 Å². The van der Waals surface area contributed by atoms with Crippen LogP contribution in [0.5, 0.6) is 0 Å². The number of hydrogen-bond acceptors (Lipinski definition) is 3. The second kappa shape index (κ2) is 5.91. The number of nitrogens with one attached hydrogen (secondary N) is 1. The molecule has 5 nitrogen and oxygen atoms in total. The lowest BCUT2D eigenvalue weighted by Crippen LogP contribution is -2.36. The van der Waals surface area contributed by atoms with Gasteiger partial charge in [-0.05, 0) is 52.6 Å². The van der Waals surface area contributed by atoms with Gasteiger partial charge >= 0.3 is 11.1 Å². The molecule has 1 heterocycles. The van der Waals surface area contributed by atoms with Crippen LogP contribution in [0.2, 0.25) is 0 Å². The Morgan fingerprint density at radius 2 is 1.93 bits per heavy atom. The zero-order valence-corrected chi connectivity index (χ0v) is 15.0. The molecule has 0 bridgehead atoms. The average molecular weight is 357 g/mol. The van der Waals surface area contributed by atoms with E-state index in [0.717, 1.165) is 19.3 Å². The van der Waals surface area contributed by atoms with Gasteiger partial charge in [-0.1, -0.05) is 48.6 Å². The summed E-state index contributed by atoms with van der Waals surface area (Å²) >= 11 is 0. The average Bonchev–Trinajstić information content (AvgIpc) is 2.70. The van der Waals surface area contributed by atoms with E-state index in [1.165, 1.54) is 33.4 Å². The second-order valence-electron chi connectivity index (χ2n) is 7.22. The topological polar surface area (TPSA) is 67.8 Å². The number of aromatic amines is 1. The molecule has 1 aromatic heterocycles. The Kier molecular flexibility index (Phi) is 3.50. The van der Waals surface area contributed by atoms with E-state index in [9.17, 15) is 9.59 Å². The number of allylic oxidation sites excluding steroid dienone is 1. The van der Waals surface area contributed by atoms with Gasteiger partial charge in [-0.3, -0.25) is 19.4 Å². The molecule has 0 saturated carbocycles. The van der Waals surface area contributed by atoms with Crippen LogP contribution in [0.25, 0.3) is 17.2 Å². The van der Waals surface area contributed by atoms with Crippen LogP contribution in [0.1, 0.15) is 40.4 Å². The second-order valence-corrected chi connectivity index (χ2v) is 7.22. The summed E-state index contributed by atoms with van der Waals surface area (Å²) in [6.45, 7) is 0. The molecule has 0 spiro atoms. The minimum Gasteiger partial charge on any atom is -0.274 e. The Hall–Kier alpha value is -3.21. The monoisotopic (exact) mass is 357 g/mol. The Labute approximate surface area is 156 Å². The van der Waals surface area contributed by atoms with E-state index in [2.05, 4.69) is 58.6 Å². The van der Waals surface area contributed by atoms with Gasteiger partial charge in [-0.2, -0.15) is 4.98 Å². The van der Waals surface area contributed by atoms with Crippen molar-refractivity contribution in [2.75, 3.05) is 0 Å². The Bertz CT molecular complexity index is 1220. The minimum atomic E-state index is -0.730. The molecule has 0 radical (unpaired) electrons. The molecule has 27 heavy (non-hydrogen) atoms. The standard InChI is InChI=1S/C22H19N3O2/c1-25-20(23-21(26)22(27)24-25)19-8-4-7-15-17-10-9-13-5-2-3-6-14(13)16(17)11-12-18(15)19/h2-7,11-12,19H,8-10H2,1H3,(H,24,27). The van der Waals surface area contributed by atoms with Gasteiger partial charge < -0.3 is 0 Å². The number of nitrogens with zero attached hydrogens (tertiary/aromatic N) is 2. The van der Waals surface area contributed by atoms with Crippen molar-refractivity contribution in [3.05, 3.63) is 91.3 Å². The summed E-state index contributed by atoms with van der Waals surface area (Å²) in [4.78, 5) is 27.5. The van der Waals surface area contributed by atoms with Crippen molar-refractivity contribution in [3.63, 3.8) is 0 Å². The normalized spacial score (nSPS) is 17.1. The quantitative estimate of drug-likeness (QED) is 0.681. The number of fused-ring (bicyclic) bond motifs is 5. The highest BCUT2D eigenvalue weighted by atomic mass is 16.2. The molecule has 1 N–H and O–H groups in total. The summed E-state index contributed by atoms with van der Waals surface area (Å²) in [6.07, 6.45) is 7.14. The maximum atomic E-state index is 11.8. The zero-order chi connectivity index (χ0) is 18.5. The summed E-state index contributed by atoms with van der Waals surface area (Å²) in [7, 11) is 1.73. The Morgan fingerprint density at radius 3 is 2.81 bits per heavy atom. The lowest BCUT2D eigenvalue weighted by molar-refractivity contribution is 0.582. The van der Waals surface area contributed by atoms with Crippen LogP contribution in [-0.2, 0) is 19.9 Å². The van der Waals surface area contributed by atoms with Gasteiger partial charge in [-0.25, -0.2) is 0 Å². The van der Waals surface area contributed by atoms with Crippen molar-refractivity contribution in [2.45, 2.75) is 25.2 Å². The molecule has 5 heteroatoms. The van der Waals surface area contributed by atoms with Gasteiger partial charge in [-0.15, -0.1) is 0 Å². The first kappa shape index (κ1) is 16.0. The highest BCUT2D eigenvalue weighted by molar-refractivity contribution is 5.79. The van der Waals surface area contributed by atoms with Crippen molar-refractivity contribution in [1.29, 1.82) is 0 Å². The fourth-order valence-corrected chi connectivity index (χ4v) is 4.46. The van der Waals surface area contributed by atoms with Crippen molar-refractivity contribution >= 4 is 6.08 Å². The fraction of sp³-hybridized carbons (Fsp3) is 0.227. The number of aryl methyl sites for hydroxylation is 2. The van der Waals surface area contributed by atoms with Gasteiger partial charge in [0.2, 0.25) is 0 Å². The highest BCUT2D eigenvalue weighted by Gasteiger charge is 2.27. The van der Waals surface area contributed by atoms with Crippen LogP contribution < -0.4 is 11.1 Å². The van der Waals surface area contributed by atoms with Gasteiger partial charge in [0.05, 0.1) is 0 Å². The van der Waals surface area contributed by atoms with Crippen LogP contribution in [0.15, 0.2) is 52.1 Å². The van der Waals surface area contributed by atoms with Crippen LogP contribution >= 0.6 is 0 Å². The molecule has 1 atom stereocenters. The first-order chi connectivity index (χ1) is 13.1. The summed E-state index contributed by atoms with van der Waals surface area (Å²) in [5, 5.41) is 2.57. The summed E-state index contributed by atoms with van der Waals surface area (Å²) in [5.74, 6) is 0.559. The fourth-order valence-electron chi connectivity index (χ4n) is 4.46. The molecule has 5 rings (SSSR count). The largest absolute Gasteiger partial charge is 0.338 e. The van der Waals surface area contributed by atoms with E-state index in [1.807, 2.05) is 0 Å². The maximum Gasteiger partial charge on any atom is 0.338 e. The van der Waals surface area contributed by atoms with Crippen molar-refractivity contribution in [3.8, 4) is 11.1 Å². The number of benzene rings is 2. The van der Waals surface area contributed by atoms with Crippen LogP contribution in [0.3, 0.4) is 0 Å². The lowest BCUT2D eigenvalue weighted by atomic mass is 9.77. The third kappa shape index (κ3) is 2.42. The van der Waals surface area contributed by atoms with Gasteiger partial charge in [0.1, 0.15) is 5.82 Å². The smallest absolute Gasteiger partial charge is 0.274 e. The third-order valence-electron chi connectivity index (χ3n) is 5.71. The first-order valence-corrected chi connectivity index (χ1v) is 9.21. The predicted molar refractivity (Wildman–Crippen MR) is 105 cm³/mol. The molecule has 2 aliphatic carbocycles. The number of hydrogen-bond donors (Lipinski definition) is 1. The SMILES string of the molecule is Cn1[nH]c(=O)c(=O)nc1C1CC=Cc2c1ccc1c2CCc2ccccc2-1. The summed E-state index contributed by atoms with van der Waals surface area (Å²) in [5.41, 5.74) is 6.35. The van der Waals surface area contributed by atoms with E-state index in [1.54, 1.807) is 11.7 Å². The van der Waals surface area contributed by atoms with E-state index in [-0.39, 0.29) is 5.92 Å². The lowest BCUT2D eigenvalue weighted by Gasteiger charge is -2.28. The van der Waals surface area contributed by atoms with Crippen LogP contribution in [0, 0.1) is 0 Å². The molecule has 0 fully saturated rings. The van der Waals surface area contributed by atoms with E-state index in [4.69, 9.17) is 0 Å². The first-order valence-electron chi connectivity index (χ1n) is 9.21. The molecule has 2 aromatic carbocycles. The molecule has 2 aliphatic rings. The molecule has 0 amide bonds. The summed E-state index contributed by atoms with van der Waals surface area (Å²) in [6, 6.07) is 12.9. The number of rotatable bonds is 1.